The molecule has 0 aliphatic carbocycles. The molecule has 0 N–H and O–H groups in total. The number of hydrogen-bond acceptors (Lipinski definition) is 2. The fourth-order valence-electron chi connectivity index (χ4n) is 0.990. The molecule has 0 fully saturated rings. The van der Waals surface area contributed by atoms with Crippen LogP contribution in [0.15, 0.2) is 0 Å². The summed E-state index contributed by atoms with van der Waals surface area (Å²) in [7, 11) is 0. The molecular formula is C9H15ClF2O2. The first-order chi connectivity index (χ1) is 6.52. The van der Waals surface area contributed by atoms with E-state index < -0.39 is 18.3 Å². The van der Waals surface area contributed by atoms with Crippen molar-refractivity contribution in [2.24, 2.45) is 0 Å². The van der Waals surface area contributed by atoms with Gasteiger partial charge >= 0.3 is 5.97 Å². The summed E-state index contributed by atoms with van der Waals surface area (Å²) in [6.45, 7) is 1.72. The van der Waals surface area contributed by atoms with Crippen LogP contribution in [-0.2, 0) is 9.53 Å². The summed E-state index contributed by atoms with van der Waals surface area (Å²) in [6.07, 6.45) is -0.266. The van der Waals surface area contributed by atoms with Crippen molar-refractivity contribution in [2.45, 2.75) is 38.5 Å². The van der Waals surface area contributed by atoms with E-state index in [9.17, 15) is 13.6 Å². The summed E-state index contributed by atoms with van der Waals surface area (Å²) >= 11 is 5.35. The number of hydrogen-bond donors (Lipinski definition) is 0. The Bertz CT molecular complexity index is 174. The number of rotatable bonds is 7. The molecule has 0 atom stereocenters. The lowest BCUT2D eigenvalue weighted by atomic mass is 10.1. The summed E-state index contributed by atoms with van der Waals surface area (Å²) in [5.74, 6) is -3.43. The van der Waals surface area contributed by atoms with Gasteiger partial charge in [0.2, 0.25) is 0 Å². The molecule has 0 saturated carbocycles. The van der Waals surface area contributed by atoms with Crippen LogP contribution in [0.2, 0.25) is 0 Å². The van der Waals surface area contributed by atoms with Gasteiger partial charge in [-0.1, -0.05) is 0 Å². The molecule has 0 saturated heterocycles. The van der Waals surface area contributed by atoms with Crippen LogP contribution in [0, 0.1) is 0 Å². The van der Waals surface area contributed by atoms with Crippen LogP contribution < -0.4 is 0 Å². The van der Waals surface area contributed by atoms with Gasteiger partial charge in [0.15, 0.2) is 0 Å². The third-order valence-corrected chi connectivity index (χ3v) is 1.90. The van der Waals surface area contributed by atoms with Crippen molar-refractivity contribution in [3.63, 3.8) is 0 Å². The molecule has 0 aromatic carbocycles. The summed E-state index contributed by atoms with van der Waals surface area (Å²) in [4.78, 5) is 10.8. The topological polar surface area (TPSA) is 26.3 Å². The van der Waals surface area contributed by atoms with Crippen LogP contribution in [-0.4, -0.2) is 24.4 Å². The molecule has 2 nitrogen and oxygen atoms in total. The molecule has 0 rings (SSSR count). The maximum absolute atomic E-state index is 13.0. The van der Waals surface area contributed by atoms with Gasteiger partial charge in [0, 0.05) is 12.3 Å². The van der Waals surface area contributed by atoms with Crippen molar-refractivity contribution >= 4 is 17.6 Å². The van der Waals surface area contributed by atoms with Gasteiger partial charge in [-0.2, -0.15) is 0 Å². The monoisotopic (exact) mass is 228 g/mol. The molecular weight excluding hydrogens is 214 g/mol. The second-order valence-corrected chi connectivity index (χ2v) is 3.36. The Morgan fingerprint density at radius 1 is 1.43 bits per heavy atom. The normalized spacial score (nSPS) is 11.4. The number of carbonyl (C=O) groups is 1. The Labute approximate surface area is 87.6 Å². The molecule has 0 amide bonds. The Kier molecular flexibility index (Phi) is 6.79. The minimum Gasteiger partial charge on any atom is -0.466 e. The minimum atomic E-state index is -2.96. The van der Waals surface area contributed by atoms with Crippen LogP contribution in [0.5, 0.6) is 0 Å². The maximum atomic E-state index is 13.0. The number of alkyl halides is 3. The van der Waals surface area contributed by atoms with E-state index in [1.807, 2.05) is 0 Å². The molecule has 0 aromatic heterocycles. The standard InChI is InChI=1S/C9H15ClF2O2/c1-2-14-8(13)7-9(11,12)5-3-4-6-10/h2-7H2,1H3. The van der Waals surface area contributed by atoms with Gasteiger partial charge in [-0.15, -0.1) is 11.6 Å². The van der Waals surface area contributed by atoms with E-state index in [2.05, 4.69) is 4.74 Å². The molecule has 0 aliphatic rings. The maximum Gasteiger partial charge on any atom is 0.311 e. The highest BCUT2D eigenvalue weighted by Gasteiger charge is 2.32. The molecule has 0 spiro atoms. The van der Waals surface area contributed by atoms with Crippen molar-refractivity contribution in [3.05, 3.63) is 0 Å². The lowest BCUT2D eigenvalue weighted by molar-refractivity contribution is -0.151. The number of carbonyl (C=O) groups excluding carboxylic acids is 1. The van der Waals surface area contributed by atoms with Crippen molar-refractivity contribution < 1.29 is 18.3 Å². The van der Waals surface area contributed by atoms with Gasteiger partial charge in [-0.25, -0.2) is 8.78 Å². The minimum absolute atomic E-state index is 0.136. The van der Waals surface area contributed by atoms with E-state index >= 15 is 0 Å². The van der Waals surface area contributed by atoms with Crippen LogP contribution in [0.25, 0.3) is 0 Å². The summed E-state index contributed by atoms with van der Waals surface area (Å²) < 4.78 is 30.4. The second kappa shape index (κ2) is 6.98. The largest absolute Gasteiger partial charge is 0.466 e. The van der Waals surface area contributed by atoms with E-state index in [1.165, 1.54) is 0 Å². The summed E-state index contributed by atoms with van der Waals surface area (Å²) in [5, 5.41) is 0. The average Bonchev–Trinajstić information content (AvgIpc) is 2.03. The molecule has 0 aliphatic heterocycles. The number of unbranched alkanes of at least 4 members (excludes halogenated alkanes) is 1. The first kappa shape index (κ1) is 13.6. The summed E-state index contributed by atoms with van der Waals surface area (Å²) in [5.41, 5.74) is 0. The Morgan fingerprint density at radius 2 is 2.07 bits per heavy atom. The molecule has 0 aromatic rings. The van der Waals surface area contributed by atoms with Gasteiger partial charge in [-0.3, -0.25) is 4.79 Å². The number of esters is 1. The lowest BCUT2D eigenvalue weighted by Crippen LogP contribution is -2.22. The van der Waals surface area contributed by atoms with Crippen LogP contribution in [0.4, 0.5) is 8.78 Å². The fourth-order valence-corrected chi connectivity index (χ4v) is 1.18. The van der Waals surface area contributed by atoms with E-state index in [-0.39, 0.29) is 13.0 Å². The Hall–Kier alpha value is -0.380. The Balaban J connectivity index is 3.75. The van der Waals surface area contributed by atoms with Crippen molar-refractivity contribution in [2.75, 3.05) is 12.5 Å². The van der Waals surface area contributed by atoms with Gasteiger partial charge in [0.25, 0.3) is 5.92 Å². The van der Waals surface area contributed by atoms with Gasteiger partial charge in [0.05, 0.1) is 6.61 Å². The molecule has 5 heteroatoms. The third kappa shape index (κ3) is 7.06. The SMILES string of the molecule is CCOC(=O)CC(F)(F)CCCCCl. The van der Waals surface area contributed by atoms with Gasteiger partial charge in [-0.05, 0) is 19.8 Å². The molecule has 0 unspecified atom stereocenters. The van der Waals surface area contributed by atoms with E-state index in [1.54, 1.807) is 6.92 Å². The average molecular weight is 229 g/mol. The second-order valence-electron chi connectivity index (χ2n) is 2.98. The molecule has 0 radical (unpaired) electrons. The Morgan fingerprint density at radius 3 is 2.57 bits per heavy atom. The first-order valence-electron chi connectivity index (χ1n) is 4.61. The van der Waals surface area contributed by atoms with Crippen molar-refractivity contribution in [1.82, 2.24) is 0 Å². The van der Waals surface area contributed by atoms with Crippen LogP contribution >= 0.6 is 11.6 Å². The number of halogens is 3. The zero-order valence-corrected chi connectivity index (χ0v) is 8.95. The predicted molar refractivity (Wildman–Crippen MR) is 50.8 cm³/mol. The lowest BCUT2D eigenvalue weighted by Gasteiger charge is -2.14. The van der Waals surface area contributed by atoms with E-state index in [0.717, 1.165) is 0 Å². The smallest absolute Gasteiger partial charge is 0.311 e. The van der Waals surface area contributed by atoms with Crippen molar-refractivity contribution in [1.29, 1.82) is 0 Å². The van der Waals surface area contributed by atoms with Crippen molar-refractivity contribution in [3.8, 4) is 0 Å². The third-order valence-electron chi connectivity index (χ3n) is 1.63. The predicted octanol–water partition coefficient (Wildman–Crippen LogP) is 2.98. The highest BCUT2D eigenvalue weighted by atomic mass is 35.5. The highest BCUT2D eigenvalue weighted by Crippen LogP contribution is 2.25. The molecule has 14 heavy (non-hydrogen) atoms. The zero-order valence-electron chi connectivity index (χ0n) is 8.19. The molecule has 0 bridgehead atoms. The quantitative estimate of drug-likeness (QED) is 0.380. The zero-order chi connectivity index (χ0) is 11.0. The van der Waals surface area contributed by atoms with Crippen LogP contribution in [0.3, 0.4) is 0 Å². The van der Waals surface area contributed by atoms with E-state index in [0.29, 0.717) is 18.7 Å². The number of ether oxygens (including phenoxy) is 1. The van der Waals surface area contributed by atoms with Crippen LogP contribution in [0.1, 0.15) is 32.6 Å². The first-order valence-corrected chi connectivity index (χ1v) is 5.14. The fraction of sp³-hybridized carbons (Fsp3) is 0.889. The van der Waals surface area contributed by atoms with Gasteiger partial charge in [0.1, 0.15) is 6.42 Å². The molecule has 0 heterocycles. The summed E-state index contributed by atoms with van der Waals surface area (Å²) in [6, 6.07) is 0. The van der Waals surface area contributed by atoms with E-state index in [4.69, 9.17) is 11.6 Å². The van der Waals surface area contributed by atoms with Gasteiger partial charge < -0.3 is 4.74 Å². The highest BCUT2D eigenvalue weighted by molar-refractivity contribution is 6.17. The molecule has 84 valence electrons.